The third-order valence-electron chi connectivity index (χ3n) is 5.52. The molecule has 12 heteroatoms. The van der Waals surface area contributed by atoms with Gasteiger partial charge >= 0.3 is 27.1 Å². The highest BCUT2D eigenvalue weighted by molar-refractivity contribution is 7.60. The molecule has 0 spiro atoms. The molecular weight excluding hydrogens is 582 g/mol. The van der Waals surface area contributed by atoms with Gasteiger partial charge in [0.25, 0.3) is 0 Å². The van der Waals surface area contributed by atoms with Crippen molar-refractivity contribution in [3.05, 3.63) is 70.3 Å². The van der Waals surface area contributed by atoms with Gasteiger partial charge in [0.15, 0.2) is 0 Å². The third kappa shape index (κ3) is 9.60. The van der Waals surface area contributed by atoms with Gasteiger partial charge in [-0.05, 0) is 75.9 Å². The summed E-state index contributed by atoms with van der Waals surface area (Å²) in [5.74, 6) is -1.54. The molecule has 0 aliphatic carbocycles. The van der Waals surface area contributed by atoms with Crippen LogP contribution in [0, 0.1) is 0 Å². The molecular formula is C30H40O10P2. The van der Waals surface area contributed by atoms with E-state index in [1.54, 1.807) is 65.8 Å². The van der Waals surface area contributed by atoms with Gasteiger partial charge in [0, 0.05) is 0 Å². The zero-order valence-corrected chi connectivity index (χ0v) is 26.8. The quantitative estimate of drug-likeness (QED) is 0.0985. The predicted molar refractivity (Wildman–Crippen MR) is 163 cm³/mol. The number of esters is 2. The molecule has 2 aromatic rings. The molecule has 0 atom stereocenters. The summed E-state index contributed by atoms with van der Waals surface area (Å²) in [6.45, 7) is 10.6. The summed E-state index contributed by atoms with van der Waals surface area (Å²) in [5.41, 5.74) is 2.92. The SMILES string of the molecule is CCOC(=O)/C(=C\c1ccc(-c2ccc(/C=C(\C(=O)OCC)P(=O)(OCC)OCC)cc2)cc1)P(=O)(OCC)OCC. The van der Waals surface area contributed by atoms with Gasteiger partial charge in [-0.25, -0.2) is 9.59 Å². The van der Waals surface area contributed by atoms with Crippen LogP contribution in [0.15, 0.2) is 59.2 Å². The van der Waals surface area contributed by atoms with Gasteiger partial charge in [0.05, 0.1) is 39.6 Å². The number of ether oxygens (including phenoxy) is 2. The summed E-state index contributed by atoms with van der Waals surface area (Å²) >= 11 is 0. The molecule has 0 unspecified atom stereocenters. The molecule has 0 aliphatic heterocycles. The van der Waals surface area contributed by atoms with Crippen LogP contribution < -0.4 is 0 Å². The molecule has 42 heavy (non-hydrogen) atoms. The number of benzene rings is 2. The lowest BCUT2D eigenvalue weighted by Crippen LogP contribution is -2.11. The average Bonchev–Trinajstić information content (AvgIpc) is 2.96. The van der Waals surface area contributed by atoms with Crippen molar-refractivity contribution in [3.8, 4) is 11.1 Å². The molecule has 0 saturated carbocycles. The van der Waals surface area contributed by atoms with E-state index in [-0.39, 0.29) is 50.3 Å². The Kier molecular flexibility index (Phi) is 14.6. The van der Waals surface area contributed by atoms with E-state index in [2.05, 4.69) is 0 Å². The highest BCUT2D eigenvalue weighted by atomic mass is 31.2. The van der Waals surface area contributed by atoms with Gasteiger partial charge in [0.1, 0.15) is 10.6 Å². The summed E-state index contributed by atoms with van der Waals surface area (Å²) in [4.78, 5) is 25.3. The number of hydrogen-bond donors (Lipinski definition) is 0. The summed E-state index contributed by atoms with van der Waals surface area (Å²) in [6, 6.07) is 14.4. The normalized spacial score (nSPS) is 12.7. The van der Waals surface area contributed by atoms with Crippen molar-refractivity contribution in [2.45, 2.75) is 41.5 Å². The monoisotopic (exact) mass is 622 g/mol. The lowest BCUT2D eigenvalue weighted by Gasteiger charge is -2.19. The maximum atomic E-state index is 13.4. The van der Waals surface area contributed by atoms with Crippen LogP contribution in [0.2, 0.25) is 0 Å². The van der Waals surface area contributed by atoms with E-state index in [1.165, 1.54) is 12.2 Å². The lowest BCUT2D eigenvalue weighted by molar-refractivity contribution is -0.138. The van der Waals surface area contributed by atoms with Crippen LogP contribution in [-0.2, 0) is 46.3 Å². The fourth-order valence-corrected chi connectivity index (χ4v) is 7.06. The first-order chi connectivity index (χ1) is 20.1. The van der Waals surface area contributed by atoms with E-state index in [0.29, 0.717) is 11.1 Å². The molecule has 0 bridgehead atoms. The van der Waals surface area contributed by atoms with Crippen LogP contribution in [-0.4, -0.2) is 51.6 Å². The second kappa shape index (κ2) is 17.3. The molecule has 0 aromatic heterocycles. The predicted octanol–water partition coefficient (Wildman–Crippen LogP) is 7.69. The average molecular weight is 623 g/mol. The summed E-state index contributed by atoms with van der Waals surface area (Å²) in [6.07, 6.45) is 2.90. The second-order valence-electron chi connectivity index (χ2n) is 8.41. The van der Waals surface area contributed by atoms with E-state index in [1.807, 2.05) is 24.3 Å². The number of hydrogen-bond acceptors (Lipinski definition) is 10. The second-order valence-corrected chi connectivity index (χ2v) is 12.4. The van der Waals surface area contributed by atoms with Crippen molar-refractivity contribution in [1.82, 2.24) is 0 Å². The number of carbonyl (C=O) groups is 2. The van der Waals surface area contributed by atoms with Crippen LogP contribution >= 0.6 is 15.2 Å². The third-order valence-corrected chi connectivity index (χ3v) is 9.71. The molecule has 0 aliphatic rings. The van der Waals surface area contributed by atoms with Gasteiger partial charge in [-0.2, -0.15) is 0 Å². The van der Waals surface area contributed by atoms with Gasteiger partial charge in [-0.1, -0.05) is 48.5 Å². The maximum Gasteiger partial charge on any atom is 0.368 e. The molecule has 0 amide bonds. The molecule has 0 saturated heterocycles. The van der Waals surface area contributed by atoms with Crippen LogP contribution in [0.4, 0.5) is 0 Å². The molecule has 0 heterocycles. The summed E-state index contributed by atoms with van der Waals surface area (Å²) in [5, 5.41) is -0.350. The first-order valence-electron chi connectivity index (χ1n) is 13.9. The first-order valence-corrected chi connectivity index (χ1v) is 17.0. The molecule has 0 radical (unpaired) electrons. The highest BCUT2D eigenvalue weighted by Crippen LogP contribution is 2.58. The highest BCUT2D eigenvalue weighted by Gasteiger charge is 2.37. The van der Waals surface area contributed by atoms with E-state index in [0.717, 1.165) is 11.1 Å². The Morgan fingerprint density at radius 1 is 0.524 bits per heavy atom. The number of carbonyl (C=O) groups excluding carboxylic acids is 2. The molecule has 0 N–H and O–H groups in total. The minimum atomic E-state index is -3.89. The van der Waals surface area contributed by atoms with E-state index in [9.17, 15) is 18.7 Å². The van der Waals surface area contributed by atoms with Crippen molar-refractivity contribution in [1.29, 1.82) is 0 Å². The number of rotatable bonds is 17. The molecule has 230 valence electrons. The van der Waals surface area contributed by atoms with Crippen molar-refractivity contribution in [3.63, 3.8) is 0 Å². The first kappa shape index (κ1) is 35.4. The minimum Gasteiger partial charge on any atom is -0.462 e. The van der Waals surface area contributed by atoms with Gasteiger partial charge in [-0.15, -0.1) is 0 Å². The van der Waals surface area contributed by atoms with Crippen molar-refractivity contribution < 1.29 is 46.3 Å². The zero-order chi connectivity index (χ0) is 31.2. The molecule has 2 rings (SSSR count). The fourth-order valence-electron chi connectivity index (χ4n) is 3.80. The maximum absolute atomic E-state index is 13.4. The molecule has 0 fully saturated rings. The fraction of sp³-hybridized carbons (Fsp3) is 0.400. The minimum absolute atomic E-state index is 0.0915. The van der Waals surface area contributed by atoms with E-state index < -0.39 is 27.1 Å². The Bertz CT molecular complexity index is 1210. The van der Waals surface area contributed by atoms with Crippen LogP contribution in [0.5, 0.6) is 0 Å². The summed E-state index contributed by atoms with van der Waals surface area (Å²) < 4.78 is 58.5. The standard InChI is InChI=1S/C30H40O10P2/c1-7-35-29(31)27(41(33,37-9-3)38-10-4)21-23-13-17-25(18-14-23)26-19-15-24(16-20-26)22-28(30(32)36-8-2)42(34,39-11-5)40-12-6/h13-22H,7-12H2,1-6H3/b27-21+,28-22+. The van der Waals surface area contributed by atoms with Crippen molar-refractivity contribution >= 4 is 39.3 Å². The van der Waals surface area contributed by atoms with Gasteiger partial charge in [-0.3, -0.25) is 9.13 Å². The van der Waals surface area contributed by atoms with Crippen molar-refractivity contribution in [2.24, 2.45) is 0 Å². The van der Waals surface area contributed by atoms with Crippen LogP contribution in [0.25, 0.3) is 23.3 Å². The topological polar surface area (TPSA) is 124 Å². The molecule has 2 aromatic carbocycles. The Hall–Kier alpha value is -2.84. The Morgan fingerprint density at radius 2 is 0.810 bits per heavy atom. The Balaban J connectivity index is 2.43. The van der Waals surface area contributed by atoms with Gasteiger partial charge < -0.3 is 27.6 Å². The lowest BCUT2D eigenvalue weighted by atomic mass is 10.0. The van der Waals surface area contributed by atoms with Crippen molar-refractivity contribution in [2.75, 3.05) is 39.6 Å². The largest absolute Gasteiger partial charge is 0.462 e. The van der Waals surface area contributed by atoms with Crippen LogP contribution in [0.3, 0.4) is 0 Å². The van der Waals surface area contributed by atoms with E-state index in [4.69, 9.17) is 27.6 Å². The zero-order valence-electron chi connectivity index (χ0n) is 25.0. The summed E-state index contributed by atoms with van der Waals surface area (Å²) in [7, 11) is -7.78. The smallest absolute Gasteiger partial charge is 0.368 e. The molecule has 10 nitrogen and oxygen atoms in total. The van der Waals surface area contributed by atoms with E-state index >= 15 is 0 Å². The Morgan fingerprint density at radius 3 is 1.05 bits per heavy atom. The van der Waals surface area contributed by atoms with Gasteiger partial charge in [0.2, 0.25) is 0 Å². The van der Waals surface area contributed by atoms with Crippen LogP contribution in [0.1, 0.15) is 52.7 Å². The Labute approximate surface area is 248 Å².